The zero-order valence-electron chi connectivity index (χ0n) is 10.5. The van der Waals surface area contributed by atoms with Gasteiger partial charge in [-0.3, -0.25) is 4.90 Å². The maximum absolute atomic E-state index is 5.60. The van der Waals surface area contributed by atoms with Gasteiger partial charge in [0, 0.05) is 18.7 Å². The number of hydrogen-bond donors (Lipinski definition) is 1. The summed E-state index contributed by atoms with van der Waals surface area (Å²) >= 11 is 0. The third-order valence-electron chi connectivity index (χ3n) is 3.26. The molecule has 0 aromatic heterocycles. The molecular formula is C12H26N2O. The molecule has 3 heteroatoms. The highest BCUT2D eigenvalue weighted by atomic mass is 16.5. The van der Waals surface area contributed by atoms with Crippen molar-refractivity contribution in [3.8, 4) is 0 Å². The van der Waals surface area contributed by atoms with Crippen LogP contribution in [0.4, 0.5) is 0 Å². The Labute approximate surface area is 94.2 Å². The van der Waals surface area contributed by atoms with Crippen molar-refractivity contribution in [2.45, 2.75) is 45.7 Å². The van der Waals surface area contributed by atoms with E-state index in [1.165, 1.54) is 6.42 Å². The van der Waals surface area contributed by atoms with Gasteiger partial charge in [-0.25, -0.2) is 0 Å². The first-order valence-corrected chi connectivity index (χ1v) is 6.38. The molecule has 1 rings (SSSR count). The summed E-state index contributed by atoms with van der Waals surface area (Å²) in [5.74, 6) is 0. The molecule has 0 aromatic rings. The minimum atomic E-state index is 0.570. The monoisotopic (exact) mass is 214 g/mol. The van der Waals surface area contributed by atoms with Crippen molar-refractivity contribution < 1.29 is 4.74 Å². The van der Waals surface area contributed by atoms with Crippen molar-refractivity contribution >= 4 is 0 Å². The van der Waals surface area contributed by atoms with Gasteiger partial charge in [-0.15, -0.1) is 0 Å². The Bertz CT molecular complexity index is 160. The van der Waals surface area contributed by atoms with E-state index in [1.54, 1.807) is 0 Å². The summed E-state index contributed by atoms with van der Waals surface area (Å²) < 4.78 is 5.60. The fraction of sp³-hybridized carbons (Fsp3) is 1.00. The van der Waals surface area contributed by atoms with Gasteiger partial charge in [0.25, 0.3) is 0 Å². The first-order chi connectivity index (χ1) is 7.33. The lowest BCUT2D eigenvalue weighted by Crippen LogP contribution is -2.55. The lowest BCUT2D eigenvalue weighted by atomic mass is 10.0. The Balaban J connectivity index is 2.48. The van der Waals surface area contributed by atoms with E-state index in [9.17, 15) is 0 Å². The van der Waals surface area contributed by atoms with Gasteiger partial charge in [-0.05, 0) is 32.5 Å². The Morgan fingerprint density at radius 2 is 2.00 bits per heavy atom. The molecule has 1 fully saturated rings. The van der Waals surface area contributed by atoms with E-state index in [2.05, 4.69) is 31.0 Å². The van der Waals surface area contributed by atoms with Crippen LogP contribution in [-0.2, 0) is 4.74 Å². The molecule has 1 N–H and O–H groups in total. The topological polar surface area (TPSA) is 24.5 Å². The van der Waals surface area contributed by atoms with Gasteiger partial charge in [-0.1, -0.05) is 20.8 Å². The van der Waals surface area contributed by atoms with Crippen molar-refractivity contribution in [1.82, 2.24) is 10.2 Å². The van der Waals surface area contributed by atoms with Crippen LogP contribution >= 0.6 is 0 Å². The summed E-state index contributed by atoms with van der Waals surface area (Å²) in [6.07, 6.45) is 2.36. The van der Waals surface area contributed by atoms with Gasteiger partial charge < -0.3 is 10.1 Å². The van der Waals surface area contributed by atoms with E-state index in [4.69, 9.17) is 4.74 Å². The highest BCUT2D eigenvalue weighted by Crippen LogP contribution is 2.14. The molecule has 0 amide bonds. The quantitative estimate of drug-likeness (QED) is 0.725. The van der Waals surface area contributed by atoms with Crippen molar-refractivity contribution in [3.05, 3.63) is 0 Å². The molecule has 15 heavy (non-hydrogen) atoms. The van der Waals surface area contributed by atoms with Crippen LogP contribution in [0.5, 0.6) is 0 Å². The lowest BCUT2D eigenvalue weighted by molar-refractivity contribution is 0.000442. The maximum Gasteiger partial charge on any atom is 0.0637 e. The van der Waals surface area contributed by atoms with Gasteiger partial charge in [0.15, 0.2) is 0 Å². The molecule has 1 aliphatic rings. The van der Waals surface area contributed by atoms with E-state index in [0.717, 1.165) is 39.3 Å². The molecule has 0 spiro atoms. The molecule has 0 saturated carbocycles. The van der Waals surface area contributed by atoms with Crippen LogP contribution < -0.4 is 5.32 Å². The highest BCUT2D eigenvalue weighted by Gasteiger charge is 2.28. The predicted octanol–water partition coefficient (Wildman–Crippen LogP) is 1.49. The highest BCUT2D eigenvalue weighted by molar-refractivity contribution is 4.86. The summed E-state index contributed by atoms with van der Waals surface area (Å²) in [4.78, 5) is 2.51. The van der Waals surface area contributed by atoms with Crippen LogP contribution in [0.2, 0.25) is 0 Å². The zero-order valence-corrected chi connectivity index (χ0v) is 10.5. The minimum absolute atomic E-state index is 0.570. The third-order valence-corrected chi connectivity index (χ3v) is 3.26. The molecule has 1 saturated heterocycles. The average molecular weight is 214 g/mol. The normalized spacial score (nSPS) is 27.2. The van der Waals surface area contributed by atoms with Gasteiger partial charge in [0.2, 0.25) is 0 Å². The lowest BCUT2D eigenvalue weighted by Gasteiger charge is -2.39. The first kappa shape index (κ1) is 12.9. The second-order valence-corrected chi connectivity index (χ2v) is 4.21. The van der Waals surface area contributed by atoms with E-state index in [-0.39, 0.29) is 0 Å². The third kappa shape index (κ3) is 3.74. The molecule has 3 nitrogen and oxygen atoms in total. The van der Waals surface area contributed by atoms with Gasteiger partial charge >= 0.3 is 0 Å². The molecule has 2 atom stereocenters. The van der Waals surface area contributed by atoms with Crippen LogP contribution in [0.25, 0.3) is 0 Å². The molecule has 0 bridgehead atoms. The number of ether oxygens (including phenoxy) is 1. The molecule has 1 aliphatic heterocycles. The van der Waals surface area contributed by atoms with Crippen LogP contribution in [0.15, 0.2) is 0 Å². The van der Waals surface area contributed by atoms with Crippen LogP contribution in [0, 0.1) is 0 Å². The van der Waals surface area contributed by atoms with Crippen molar-refractivity contribution in [3.63, 3.8) is 0 Å². The van der Waals surface area contributed by atoms with Crippen LogP contribution in [0.3, 0.4) is 0 Å². The zero-order chi connectivity index (χ0) is 11.1. The average Bonchev–Trinajstić information content (AvgIpc) is 2.29. The summed E-state index contributed by atoms with van der Waals surface area (Å²) in [5, 5.41) is 3.65. The number of hydrogen-bond acceptors (Lipinski definition) is 3. The number of nitrogens with one attached hydrogen (secondary N) is 1. The van der Waals surface area contributed by atoms with Gasteiger partial charge in [-0.2, -0.15) is 0 Å². The van der Waals surface area contributed by atoms with Crippen LogP contribution in [0.1, 0.15) is 33.6 Å². The number of likely N-dealkylation sites (N-methyl/N-ethyl adjacent to an activating group) is 1. The summed E-state index contributed by atoms with van der Waals surface area (Å²) in [6, 6.07) is 1.19. The van der Waals surface area contributed by atoms with E-state index in [1.807, 2.05) is 0 Å². The number of nitrogens with zero attached hydrogens (tertiary/aromatic N) is 1. The van der Waals surface area contributed by atoms with Gasteiger partial charge in [0.05, 0.1) is 6.61 Å². The fourth-order valence-electron chi connectivity index (χ4n) is 2.34. The SMILES string of the molecule is CCCNC1CCOCC1N(CC)CC. The second-order valence-electron chi connectivity index (χ2n) is 4.21. The molecule has 1 heterocycles. The molecule has 0 radical (unpaired) electrons. The number of rotatable bonds is 6. The molecule has 90 valence electrons. The Hall–Kier alpha value is -0.120. The Morgan fingerprint density at radius 3 is 2.60 bits per heavy atom. The first-order valence-electron chi connectivity index (χ1n) is 6.38. The standard InChI is InChI=1S/C12H26N2O/c1-4-8-13-11-7-9-15-10-12(11)14(5-2)6-3/h11-13H,4-10H2,1-3H3. The fourth-order valence-corrected chi connectivity index (χ4v) is 2.34. The smallest absolute Gasteiger partial charge is 0.0637 e. The molecule has 0 aromatic carbocycles. The van der Waals surface area contributed by atoms with Gasteiger partial charge in [0.1, 0.15) is 0 Å². The Kier molecular flexibility index (Phi) is 6.22. The predicted molar refractivity (Wildman–Crippen MR) is 64.2 cm³/mol. The van der Waals surface area contributed by atoms with Crippen LogP contribution in [-0.4, -0.2) is 49.8 Å². The van der Waals surface area contributed by atoms with Crippen molar-refractivity contribution in [2.75, 3.05) is 32.8 Å². The summed E-state index contributed by atoms with van der Waals surface area (Å²) in [7, 11) is 0. The molecular weight excluding hydrogens is 188 g/mol. The second kappa shape index (κ2) is 7.20. The van der Waals surface area contributed by atoms with E-state index >= 15 is 0 Å². The summed E-state index contributed by atoms with van der Waals surface area (Å²) in [5.41, 5.74) is 0. The largest absolute Gasteiger partial charge is 0.380 e. The molecule has 0 aliphatic carbocycles. The Morgan fingerprint density at radius 1 is 1.27 bits per heavy atom. The minimum Gasteiger partial charge on any atom is -0.380 e. The van der Waals surface area contributed by atoms with Crippen molar-refractivity contribution in [2.24, 2.45) is 0 Å². The maximum atomic E-state index is 5.60. The van der Waals surface area contributed by atoms with Crippen molar-refractivity contribution in [1.29, 1.82) is 0 Å². The molecule has 2 unspecified atom stereocenters. The van der Waals surface area contributed by atoms with E-state index in [0.29, 0.717) is 12.1 Å². The summed E-state index contributed by atoms with van der Waals surface area (Å²) in [6.45, 7) is 11.9. The van der Waals surface area contributed by atoms with E-state index < -0.39 is 0 Å².